The predicted octanol–water partition coefficient (Wildman–Crippen LogP) is 1.48. The summed E-state index contributed by atoms with van der Waals surface area (Å²) in [6.45, 7) is 1.11. The summed E-state index contributed by atoms with van der Waals surface area (Å²) in [6, 6.07) is 6.83. The van der Waals surface area contributed by atoms with Crippen LogP contribution in [-0.2, 0) is 14.8 Å². The standard InChI is InChI=1S/C17H16Cl2N4O5S/c18-14-9-12(10-20-15(14)19)17(25)22-21-16(24)11-2-1-3-13(8-11)29(26,27)23-4-6-28-7-5-23/h1-3,8-10H,4-7H2,(H,21,24)(H,22,25). The van der Waals surface area contributed by atoms with Crippen LogP contribution in [0.2, 0.25) is 10.2 Å². The van der Waals surface area contributed by atoms with Gasteiger partial charge in [0.1, 0.15) is 5.15 Å². The Labute approximate surface area is 177 Å². The highest BCUT2D eigenvalue weighted by molar-refractivity contribution is 7.89. The van der Waals surface area contributed by atoms with Gasteiger partial charge in [0.05, 0.1) is 28.7 Å². The first kappa shape index (κ1) is 21.5. The third kappa shape index (κ3) is 5.03. The molecule has 0 unspecified atom stereocenters. The van der Waals surface area contributed by atoms with Crippen LogP contribution in [0.15, 0.2) is 41.4 Å². The number of carbonyl (C=O) groups excluding carboxylic acids is 2. The lowest BCUT2D eigenvalue weighted by atomic mass is 10.2. The number of morpholine rings is 1. The number of sulfonamides is 1. The molecule has 2 N–H and O–H groups in total. The third-order valence-electron chi connectivity index (χ3n) is 4.05. The lowest BCUT2D eigenvalue weighted by Crippen LogP contribution is -2.42. The Morgan fingerprint density at radius 1 is 1.03 bits per heavy atom. The molecule has 1 aromatic carbocycles. The zero-order valence-corrected chi connectivity index (χ0v) is 17.2. The Hall–Kier alpha value is -2.24. The van der Waals surface area contributed by atoms with Gasteiger partial charge in [0, 0.05) is 24.8 Å². The van der Waals surface area contributed by atoms with Crippen molar-refractivity contribution in [2.24, 2.45) is 0 Å². The number of carbonyl (C=O) groups is 2. The van der Waals surface area contributed by atoms with Gasteiger partial charge in [0.15, 0.2) is 0 Å². The van der Waals surface area contributed by atoms with Gasteiger partial charge in [0.2, 0.25) is 10.0 Å². The number of hydrazine groups is 1. The van der Waals surface area contributed by atoms with E-state index in [1.165, 1.54) is 40.8 Å². The number of pyridine rings is 1. The molecule has 0 aliphatic carbocycles. The first-order valence-corrected chi connectivity index (χ1v) is 10.6. The Morgan fingerprint density at radius 2 is 1.69 bits per heavy atom. The highest BCUT2D eigenvalue weighted by Gasteiger charge is 2.27. The number of amides is 2. The monoisotopic (exact) mass is 458 g/mol. The normalized spacial score (nSPS) is 15.0. The van der Waals surface area contributed by atoms with Crippen LogP contribution in [0.4, 0.5) is 0 Å². The number of nitrogens with one attached hydrogen (secondary N) is 2. The van der Waals surface area contributed by atoms with E-state index in [9.17, 15) is 18.0 Å². The molecule has 2 aromatic rings. The average Bonchev–Trinajstić information content (AvgIpc) is 2.74. The zero-order chi connectivity index (χ0) is 21.0. The maximum atomic E-state index is 12.7. The van der Waals surface area contributed by atoms with E-state index in [4.69, 9.17) is 27.9 Å². The third-order valence-corrected chi connectivity index (χ3v) is 6.63. The van der Waals surface area contributed by atoms with Crippen molar-refractivity contribution in [2.75, 3.05) is 26.3 Å². The predicted molar refractivity (Wildman–Crippen MR) is 105 cm³/mol. The molecule has 1 aliphatic rings. The van der Waals surface area contributed by atoms with Gasteiger partial charge in [0.25, 0.3) is 11.8 Å². The summed E-state index contributed by atoms with van der Waals surface area (Å²) in [6.07, 6.45) is 1.20. The van der Waals surface area contributed by atoms with Crippen molar-refractivity contribution in [1.82, 2.24) is 20.1 Å². The molecule has 0 radical (unpaired) electrons. The fraction of sp³-hybridized carbons (Fsp3) is 0.235. The summed E-state index contributed by atoms with van der Waals surface area (Å²) >= 11 is 11.5. The molecule has 1 fully saturated rings. The molecular weight excluding hydrogens is 443 g/mol. The number of aromatic nitrogens is 1. The minimum atomic E-state index is -3.75. The molecule has 12 heteroatoms. The molecule has 2 amide bonds. The van der Waals surface area contributed by atoms with Gasteiger partial charge in [-0.05, 0) is 24.3 Å². The average molecular weight is 459 g/mol. The van der Waals surface area contributed by atoms with E-state index in [-0.39, 0.29) is 39.3 Å². The number of nitrogens with zero attached hydrogens (tertiary/aromatic N) is 2. The van der Waals surface area contributed by atoms with Crippen LogP contribution in [0.3, 0.4) is 0 Å². The second-order valence-corrected chi connectivity index (χ2v) is 8.65. The van der Waals surface area contributed by atoms with E-state index in [0.717, 1.165) is 0 Å². The smallest absolute Gasteiger partial charge is 0.271 e. The topological polar surface area (TPSA) is 118 Å². The second kappa shape index (κ2) is 9.06. The molecule has 2 heterocycles. The highest BCUT2D eigenvalue weighted by atomic mass is 35.5. The molecule has 3 rings (SSSR count). The van der Waals surface area contributed by atoms with Gasteiger partial charge in [-0.3, -0.25) is 20.4 Å². The van der Waals surface area contributed by atoms with E-state index in [2.05, 4.69) is 15.8 Å². The largest absolute Gasteiger partial charge is 0.379 e. The molecule has 9 nitrogen and oxygen atoms in total. The maximum Gasteiger partial charge on any atom is 0.271 e. The number of benzene rings is 1. The van der Waals surface area contributed by atoms with Gasteiger partial charge in [-0.25, -0.2) is 13.4 Å². The van der Waals surface area contributed by atoms with E-state index in [0.29, 0.717) is 13.2 Å². The minimum absolute atomic E-state index is 0.0212. The summed E-state index contributed by atoms with van der Waals surface area (Å²) in [7, 11) is -3.75. The molecule has 29 heavy (non-hydrogen) atoms. The maximum absolute atomic E-state index is 12.7. The fourth-order valence-corrected chi connectivity index (χ4v) is 4.26. The molecule has 1 saturated heterocycles. The summed E-state index contributed by atoms with van der Waals surface area (Å²) < 4.78 is 31.9. The summed E-state index contributed by atoms with van der Waals surface area (Å²) in [5.74, 6) is -1.35. The zero-order valence-electron chi connectivity index (χ0n) is 14.9. The SMILES string of the molecule is O=C(NNC(=O)c1cnc(Cl)c(Cl)c1)c1cccc(S(=O)(=O)N2CCOCC2)c1. The summed E-state index contributed by atoms with van der Waals surface area (Å²) in [5.41, 5.74) is 4.58. The first-order valence-electron chi connectivity index (χ1n) is 8.39. The van der Waals surface area contributed by atoms with Crippen LogP contribution in [0.5, 0.6) is 0 Å². The number of hydrogen-bond acceptors (Lipinski definition) is 6. The summed E-state index contributed by atoms with van der Waals surface area (Å²) in [4.78, 5) is 28.2. The van der Waals surface area contributed by atoms with Crippen molar-refractivity contribution >= 4 is 45.0 Å². The number of rotatable bonds is 4. The molecule has 0 atom stereocenters. The molecule has 0 bridgehead atoms. The van der Waals surface area contributed by atoms with Crippen molar-refractivity contribution in [3.63, 3.8) is 0 Å². The lowest BCUT2D eigenvalue weighted by molar-refractivity contribution is 0.0730. The lowest BCUT2D eigenvalue weighted by Gasteiger charge is -2.26. The van der Waals surface area contributed by atoms with Crippen molar-refractivity contribution in [3.05, 3.63) is 57.8 Å². The number of halogens is 2. The van der Waals surface area contributed by atoms with Crippen LogP contribution in [0, 0.1) is 0 Å². The molecule has 154 valence electrons. The number of ether oxygens (including phenoxy) is 1. The van der Waals surface area contributed by atoms with Crippen molar-refractivity contribution < 1.29 is 22.7 Å². The van der Waals surface area contributed by atoms with Crippen molar-refractivity contribution in [3.8, 4) is 0 Å². The van der Waals surface area contributed by atoms with Crippen LogP contribution < -0.4 is 10.9 Å². The van der Waals surface area contributed by atoms with Crippen molar-refractivity contribution in [2.45, 2.75) is 4.90 Å². The van der Waals surface area contributed by atoms with Gasteiger partial charge in [-0.2, -0.15) is 4.31 Å². The molecule has 1 aliphatic heterocycles. The van der Waals surface area contributed by atoms with Gasteiger partial charge < -0.3 is 4.74 Å². The molecule has 1 aromatic heterocycles. The van der Waals surface area contributed by atoms with Crippen LogP contribution in [0.1, 0.15) is 20.7 Å². The molecule has 0 saturated carbocycles. The first-order chi connectivity index (χ1) is 13.8. The second-order valence-electron chi connectivity index (χ2n) is 5.95. The van der Waals surface area contributed by atoms with Gasteiger partial charge in [-0.15, -0.1) is 0 Å². The summed E-state index contributed by atoms with van der Waals surface area (Å²) in [5, 5.41) is 0.136. The van der Waals surface area contributed by atoms with E-state index in [1.54, 1.807) is 0 Å². The molecule has 0 spiro atoms. The van der Waals surface area contributed by atoms with Crippen LogP contribution in [-0.4, -0.2) is 55.8 Å². The highest BCUT2D eigenvalue weighted by Crippen LogP contribution is 2.20. The Kier molecular flexibility index (Phi) is 6.70. The van der Waals surface area contributed by atoms with E-state index >= 15 is 0 Å². The van der Waals surface area contributed by atoms with Crippen LogP contribution in [0.25, 0.3) is 0 Å². The number of hydrogen-bond donors (Lipinski definition) is 2. The molecular formula is C17H16Cl2N4O5S. The van der Waals surface area contributed by atoms with Gasteiger partial charge in [-0.1, -0.05) is 29.3 Å². The van der Waals surface area contributed by atoms with Crippen LogP contribution >= 0.6 is 23.2 Å². The Balaban J connectivity index is 1.69. The fourth-order valence-electron chi connectivity index (χ4n) is 2.54. The quantitative estimate of drug-likeness (QED) is 0.529. The van der Waals surface area contributed by atoms with E-state index in [1.807, 2.05) is 0 Å². The Bertz CT molecular complexity index is 1040. The van der Waals surface area contributed by atoms with E-state index < -0.39 is 21.8 Å². The minimum Gasteiger partial charge on any atom is -0.379 e. The van der Waals surface area contributed by atoms with Crippen molar-refractivity contribution in [1.29, 1.82) is 0 Å². The Morgan fingerprint density at radius 3 is 2.34 bits per heavy atom. The van der Waals surface area contributed by atoms with Gasteiger partial charge >= 0.3 is 0 Å².